The smallest absolute Gasteiger partial charge is 0.354 e. The molecule has 0 fully saturated rings. The summed E-state index contributed by atoms with van der Waals surface area (Å²) in [6.07, 6.45) is 1.41. The SMILES string of the molecule is N#Cc1cc(Br)ccc1COc1ccc(-c2nccc(C(=O)O)n2)cc1. The Kier molecular flexibility index (Phi) is 5.25. The Morgan fingerprint density at radius 1 is 1.19 bits per heavy atom. The molecule has 0 aliphatic rings. The van der Waals surface area contributed by atoms with E-state index in [2.05, 4.69) is 32.0 Å². The van der Waals surface area contributed by atoms with E-state index in [1.54, 1.807) is 30.3 Å². The molecule has 6 nitrogen and oxygen atoms in total. The molecule has 0 amide bonds. The summed E-state index contributed by atoms with van der Waals surface area (Å²) in [7, 11) is 0. The van der Waals surface area contributed by atoms with Crippen LogP contribution in [0.15, 0.2) is 59.2 Å². The largest absolute Gasteiger partial charge is 0.489 e. The Bertz CT molecular complexity index is 998. The van der Waals surface area contributed by atoms with E-state index in [9.17, 15) is 10.1 Å². The molecule has 0 spiro atoms. The molecule has 0 unspecified atom stereocenters. The number of carbonyl (C=O) groups is 1. The number of carboxylic acid groups (broad SMARTS) is 1. The van der Waals surface area contributed by atoms with E-state index >= 15 is 0 Å². The molecule has 3 rings (SSSR count). The summed E-state index contributed by atoms with van der Waals surface area (Å²) in [5.41, 5.74) is 1.96. The Labute approximate surface area is 157 Å². The first kappa shape index (κ1) is 17.6. The molecule has 128 valence electrons. The minimum Gasteiger partial charge on any atom is -0.489 e. The highest BCUT2D eigenvalue weighted by atomic mass is 79.9. The number of rotatable bonds is 5. The van der Waals surface area contributed by atoms with E-state index in [4.69, 9.17) is 9.84 Å². The molecule has 2 aromatic carbocycles. The Hall–Kier alpha value is -3.24. The number of ether oxygens (including phenoxy) is 1. The van der Waals surface area contributed by atoms with Crippen LogP contribution in [0.3, 0.4) is 0 Å². The molecular weight excluding hydrogens is 398 g/mol. The van der Waals surface area contributed by atoms with Crippen molar-refractivity contribution in [1.29, 1.82) is 5.26 Å². The average molecular weight is 410 g/mol. The first-order valence-corrected chi connectivity index (χ1v) is 8.34. The maximum Gasteiger partial charge on any atom is 0.354 e. The zero-order valence-corrected chi connectivity index (χ0v) is 15.0. The van der Waals surface area contributed by atoms with Crippen molar-refractivity contribution < 1.29 is 14.6 Å². The highest BCUT2D eigenvalue weighted by Crippen LogP contribution is 2.22. The van der Waals surface area contributed by atoms with Crippen molar-refractivity contribution in [3.63, 3.8) is 0 Å². The highest BCUT2D eigenvalue weighted by Gasteiger charge is 2.08. The van der Waals surface area contributed by atoms with E-state index < -0.39 is 5.97 Å². The van der Waals surface area contributed by atoms with Gasteiger partial charge in [-0.3, -0.25) is 0 Å². The van der Waals surface area contributed by atoms with Gasteiger partial charge in [-0.1, -0.05) is 22.0 Å². The minimum atomic E-state index is -1.10. The standard InChI is InChI=1S/C19H12BrN3O3/c20-15-4-1-13(14(9-15)10-21)11-26-16-5-2-12(3-6-16)18-22-8-7-17(23-18)19(24)25/h1-9H,11H2,(H,24,25). The van der Waals surface area contributed by atoms with Gasteiger partial charge in [0.1, 0.15) is 12.4 Å². The molecule has 0 bridgehead atoms. The maximum atomic E-state index is 11.0. The summed E-state index contributed by atoms with van der Waals surface area (Å²) < 4.78 is 6.56. The predicted octanol–water partition coefficient (Wildman–Crippen LogP) is 4.05. The molecule has 0 aliphatic carbocycles. The van der Waals surface area contributed by atoms with Gasteiger partial charge in [0.2, 0.25) is 0 Å². The first-order valence-electron chi connectivity index (χ1n) is 7.55. The van der Waals surface area contributed by atoms with Crippen LogP contribution in [0, 0.1) is 11.3 Å². The second kappa shape index (κ2) is 7.76. The molecule has 1 aromatic heterocycles. The van der Waals surface area contributed by atoms with Crippen LogP contribution in [0.1, 0.15) is 21.6 Å². The van der Waals surface area contributed by atoms with Crippen molar-refractivity contribution in [3.8, 4) is 23.2 Å². The lowest BCUT2D eigenvalue weighted by Gasteiger charge is -2.09. The Balaban J connectivity index is 1.74. The van der Waals surface area contributed by atoms with Crippen molar-refractivity contribution in [1.82, 2.24) is 9.97 Å². The fourth-order valence-electron chi connectivity index (χ4n) is 2.26. The van der Waals surface area contributed by atoms with Gasteiger partial charge in [-0.15, -0.1) is 0 Å². The van der Waals surface area contributed by atoms with Crippen molar-refractivity contribution in [2.24, 2.45) is 0 Å². The van der Waals surface area contributed by atoms with Crippen LogP contribution in [-0.2, 0) is 6.61 Å². The molecule has 0 radical (unpaired) electrons. The molecular formula is C19H12BrN3O3. The molecule has 0 atom stereocenters. The molecule has 26 heavy (non-hydrogen) atoms. The Morgan fingerprint density at radius 3 is 2.65 bits per heavy atom. The van der Waals surface area contributed by atoms with Crippen molar-refractivity contribution in [2.75, 3.05) is 0 Å². The second-order valence-corrected chi connectivity index (χ2v) is 6.21. The lowest BCUT2D eigenvalue weighted by atomic mass is 10.1. The van der Waals surface area contributed by atoms with E-state index in [0.29, 0.717) is 22.7 Å². The summed E-state index contributed by atoms with van der Waals surface area (Å²) in [5, 5.41) is 18.2. The molecule has 7 heteroatoms. The van der Waals surface area contributed by atoms with Gasteiger partial charge in [0.05, 0.1) is 11.6 Å². The first-order chi connectivity index (χ1) is 12.6. The van der Waals surface area contributed by atoms with Crippen LogP contribution in [-0.4, -0.2) is 21.0 Å². The summed E-state index contributed by atoms with van der Waals surface area (Å²) in [4.78, 5) is 19.1. The zero-order chi connectivity index (χ0) is 18.5. The molecule has 0 saturated heterocycles. The quantitative estimate of drug-likeness (QED) is 0.682. The van der Waals surface area contributed by atoms with Crippen LogP contribution >= 0.6 is 15.9 Å². The molecule has 0 saturated carbocycles. The van der Waals surface area contributed by atoms with Crippen LogP contribution in [0.25, 0.3) is 11.4 Å². The number of halogens is 1. The minimum absolute atomic E-state index is 0.0606. The lowest BCUT2D eigenvalue weighted by Crippen LogP contribution is -2.02. The molecule has 1 heterocycles. The zero-order valence-electron chi connectivity index (χ0n) is 13.4. The van der Waals surface area contributed by atoms with Gasteiger partial charge in [0, 0.05) is 21.8 Å². The van der Waals surface area contributed by atoms with Gasteiger partial charge < -0.3 is 9.84 Å². The fraction of sp³-hybridized carbons (Fsp3) is 0.0526. The van der Waals surface area contributed by atoms with Gasteiger partial charge >= 0.3 is 5.97 Å². The van der Waals surface area contributed by atoms with E-state index in [1.807, 2.05) is 12.1 Å². The number of aromatic carboxylic acids is 1. The van der Waals surface area contributed by atoms with Gasteiger partial charge in [-0.2, -0.15) is 5.26 Å². The van der Waals surface area contributed by atoms with E-state index in [0.717, 1.165) is 10.0 Å². The van der Waals surface area contributed by atoms with Crippen LogP contribution < -0.4 is 4.74 Å². The topological polar surface area (TPSA) is 96.1 Å². The summed E-state index contributed by atoms with van der Waals surface area (Å²) >= 11 is 3.34. The second-order valence-electron chi connectivity index (χ2n) is 5.30. The summed E-state index contributed by atoms with van der Waals surface area (Å²) in [6, 6.07) is 15.9. The van der Waals surface area contributed by atoms with Gasteiger partial charge in [0.25, 0.3) is 0 Å². The fourth-order valence-corrected chi connectivity index (χ4v) is 2.62. The lowest BCUT2D eigenvalue weighted by molar-refractivity contribution is 0.0690. The third-order valence-corrected chi connectivity index (χ3v) is 4.07. The highest BCUT2D eigenvalue weighted by molar-refractivity contribution is 9.10. The third kappa shape index (κ3) is 4.05. The van der Waals surface area contributed by atoms with Crippen molar-refractivity contribution >= 4 is 21.9 Å². The average Bonchev–Trinajstić information content (AvgIpc) is 2.67. The predicted molar refractivity (Wildman–Crippen MR) is 97.6 cm³/mol. The monoisotopic (exact) mass is 409 g/mol. The normalized spacial score (nSPS) is 10.2. The number of benzene rings is 2. The number of hydrogen-bond acceptors (Lipinski definition) is 5. The van der Waals surface area contributed by atoms with Crippen LogP contribution in [0.4, 0.5) is 0 Å². The summed E-state index contributed by atoms with van der Waals surface area (Å²) in [5.74, 6) is -0.150. The number of nitriles is 1. The van der Waals surface area contributed by atoms with Gasteiger partial charge in [-0.05, 0) is 42.5 Å². The van der Waals surface area contributed by atoms with Crippen LogP contribution in [0.2, 0.25) is 0 Å². The van der Waals surface area contributed by atoms with Crippen LogP contribution in [0.5, 0.6) is 5.75 Å². The number of nitrogens with zero attached hydrogens (tertiary/aromatic N) is 3. The molecule has 1 N–H and O–H groups in total. The number of carboxylic acids is 1. The van der Waals surface area contributed by atoms with E-state index in [1.165, 1.54) is 12.3 Å². The van der Waals surface area contributed by atoms with Gasteiger partial charge in [0.15, 0.2) is 11.5 Å². The Morgan fingerprint density at radius 2 is 1.96 bits per heavy atom. The number of hydrogen-bond donors (Lipinski definition) is 1. The molecule has 3 aromatic rings. The maximum absolute atomic E-state index is 11.0. The van der Waals surface area contributed by atoms with Crippen molar-refractivity contribution in [2.45, 2.75) is 6.61 Å². The van der Waals surface area contributed by atoms with Crippen molar-refractivity contribution in [3.05, 3.63) is 76.0 Å². The van der Waals surface area contributed by atoms with E-state index in [-0.39, 0.29) is 12.3 Å². The van der Waals surface area contributed by atoms with Gasteiger partial charge in [-0.25, -0.2) is 14.8 Å². The third-order valence-electron chi connectivity index (χ3n) is 3.57. The molecule has 0 aliphatic heterocycles. The number of aromatic nitrogens is 2. The summed E-state index contributed by atoms with van der Waals surface area (Å²) in [6.45, 7) is 0.264.